The molecule has 142 valence electrons. The van der Waals surface area contributed by atoms with E-state index in [-0.39, 0.29) is 23.1 Å². The Bertz CT molecular complexity index is 705. The van der Waals surface area contributed by atoms with Crippen LogP contribution in [0, 0.1) is 10.1 Å². The maximum Gasteiger partial charge on any atom is 0.410 e. The molecule has 0 spiro atoms. The molecule has 1 aliphatic rings. The molecule has 9 heteroatoms. The summed E-state index contributed by atoms with van der Waals surface area (Å²) in [6, 6.07) is 3.77. The quantitative estimate of drug-likeness (QED) is 0.645. The number of carbonyl (C=O) groups is 2. The number of nitrogens with two attached hydrogens (primary N) is 1. The molecule has 0 aromatic heterocycles. The SMILES string of the molecule is CC(C)(C)OC(=O)N1CCC(Oc2cc(C(N)=O)ccc2[N+](=O)[O-])CC1. The van der Waals surface area contributed by atoms with Crippen molar-refractivity contribution in [1.82, 2.24) is 4.90 Å². The highest BCUT2D eigenvalue weighted by Gasteiger charge is 2.29. The number of benzene rings is 1. The van der Waals surface area contributed by atoms with E-state index in [1.807, 2.05) is 0 Å². The van der Waals surface area contributed by atoms with Crippen molar-refractivity contribution in [3.63, 3.8) is 0 Å². The van der Waals surface area contributed by atoms with Crippen LogP contribution in [0.5, 0.6) is 5.75 Å². The predicted molar refractivity (Wildman–Crippen MR) is 93.1 cm³/mol. The predicted octanol–water partition coefficient (Wildman–Crippen LogP) is 2.47. The molecule has 0 radical (unpaired) electrons. The van der Waals surface area contributed by atoms with Crippen LogP contribution in [0.3, 0.4) is 0 Å². The van der Waals surface area contributed by atoms with Gasteiger partial charge >= 0.3 is 11.8 Å². The normalized spacial score (nSPS) is 15.4. The van der Waals surface area contributed by atoms with Crippen molar-refractivity contribution in [1.29, 1.82) is 0 Å². The number of nitro groups is 1. The monoisotopic (exact) mass is 365 g/mol. The van der Waals surface area contributed by atoms with Gasteiger partial charge in [0.25, 0.3) is 0 Å². The van der Waals surface area contributed by atoms with Crippen molar-refractivity contribution in [2.45, 2.75) is 45.3 Å². The first kappa shape index (κ1) is 19.5. The van der Waals surface area contributed by atoms with E-state index in [0.717, 1.165) is 0 Å². The van der Waals surface area contributed by atoms with Crippen molar-refractivity contribution >= 4 is 17.7 Å². The first-order chi connectivity index (χ1) is 12.1. The molecule has 2 amide bonds. The fourth-order valence-corrected chi connectivity index (χ4v) is 2.57. The Kier molecular flexibility index (Phi) is 5.69. The summed E-state index contributed by atoms with van der Waals surface area (Å²) in [7, 11) is 0. The largest absolute Gasteiger partial charge is 0.483 e. The molecule has 0 bridgehead atoms. The minimum atomic E-state index is -0.690. The summed E-state index contributed by atoms with van der Waals surface area (Å²) < 4.78 is 11.1. The van der Waals surface area contributed by atoms with Crippen LogP contribution in [0.15, 0.2) is 18.2 Å². The summed E-state index contributed by atoms with van der Waals surface area (Å²) in [5, 5.41) is 11.2. The van der Waals surface area contributed by atoms with Crippen molar-refractivity contribution in [2.24, 2.45) is 5.73 Å². The number of amides is 2. The summed E-state index contributed by atoms with van der Waals surface area (Å²) in [5.74, 6) is -0.688. The van der Waals surface area contributed by atoms with E-state index < -0.39 is 22.5 Å². The van der Waals surface area contributed by atoms with Crippen LogP contribution in [-0.4, -0.2) is 46.6 Å². The van der Waals surface area contributed by atoms with Crippen LogP contribution in [0.4, 0.5) is 10.5 Å². The number of likely N-dealkylation sites (tertiary alicyclic amines) is 1. The van der Waals surface area contributed by atoms with Gasteiger partial charge in [-0.1, -0.05) is 0 Å². The Hall–Kier alpha value is -2.84. The fraction of sp³-hybridized carbons (Fsp3) is 0.529. The molecule has 1 heterocycles. The van der Waals surface area contributed by atoms with Gasteiger partial charge in [0.1, 0.15) is 11.7 Å². The Balaban J connectivity index is 2.03. The Morgan fingerprint density at radius 2 is 1.88 bits per heavy atom. The number of nitrogens with zero attached hydrogens (tertiary/aromatic N) is 2. The molecule has 1 aliphatic heterocycles. The number of nitro benzene ring substituents is 1. The zero-order chi connectivity index (χ0) is 19.5. The lowest BCUT2D eigenvalue weighted by Gasteiger charge is -2.33. The highest BCUT2D eigenvalue weighted by molar-refractivity contribution is 5.93. The van der Waals surface area contributed by atoms with Crippen molar-refractivity contribution in [2.75, 3.05) is 13.1 Å². The van der Waals surface area contributed by atoms with E-state index in [1.54, 1.807) is 25.7 Å². The van der Waals surface area contributed by atoms with E-state index in [0.29, 0.717) is 25.9 Å². The molecule has 1 aromatic rings. The number of ether oxygens (including phenoxy) is 2. The molecule has 2 N–H and O–H groups in total. The standard InChI is InChI=1S/C17H23N3O6/c1-17(2,3)26-16(22)19-8-6-12(7-9-19)25-14-10-11(15(18)21)4-5-13(14)20(23)24/h4-5,10,12H,6-9H2,1-3H3,(H2,18,21). The summed E-state index contributed by atoms with van der Waals surface area (Å²) >= 11 is 0. The van der Waals surface area contributed by atoms with Gasteiger partial charge in [-0.05, 0) is 26.8 Å². The number of hydrogen-bond acceptors (Lipinski definition) is 6. The zero-order valence-corrected chi connectivity index (χ0v) is 15.1. The van der Waals surface area contributed by atoms with Gasteiger partial charge in [-0.3, -0.25) is 14.9 Å². The van der Waals surface area contributed by atoms with E-state index in [4.69, 9.17) is 15.2 Å². The number of rotatable bonds is 4. The number of hydrogen-bond donors (Lipinski definition) is 1. The summed E-state index contributed by atoms with van der Waals surface area (Å²) in [4.78, 5) is 35.5. The molecule has 26 heavy (non-hydrogen) atoms. The average Bonchev–Trinajstić information content (AvgIpc) is 2.53. The van der Waals surface area contributed by atoms with E-state index in [9.17, 15) is 19.7 Å². The summed E-state index contributed by atoms with van der Waals surface area (Å²) in [5.41, 5.74) is 4.56. The van der Waals surface area contributed by atoms with Gasteiger partial charge in [-0.2, -0.15) is 0 Å². The minimum absolute atomic E-state index is 0.00187. The van der Waals surface area contributed by atoms with Crippen molar-refractivity contribution in [3.8, 4) is 5.75 Å². The van der Waals surface area contributed by atoms with Gasteiger partial charge in [-0.25, -0.2) is 4.79 Å². The van der Waals surface area contributed by atoms with Crippen molar-refractivity contribution < 1.29 is 24.0 Å². The second-order valence-electron chi connectivity index (χ2n) is 7.09. The Morgan fingerprint density at radius 1 is 1.27 bits per heavy atom. The topological polar surface area (TPSA) is 125 Å². The first-order valence-electron chi connectivity index (χ1n) is 8.29. The van der Waals surface area contributed by atoms with Crippen LogP contribution in [0.25, 0.3) is 0 Å². The van der Waals surface area contributed by atoms with Gasteiger partial charge in [0.2, 0.25) is 5.91 Å². The summed E-state index contributed by atoms with van der Waals surface area (Å²) in [6.45, 7) is 6.23. The second-order valence-corrected chi connectivity index (χ2v) is 7.09. The molecule has 2 rings (SSSR count). The van der Waals surface area contributed by atoms with Crippen LogP contribution in [0.1, 0.15) is 44.0 Å². The highest BCUT2D eigenvalue weighted by atomic mass is 16.6. The number of piperidine rings is 1. The van der Waals surface area contributed by atoms with E-state index >= 15 is 0 Å². The van der Waals surface area contributed by atoms with Crippen molar-refractivity contribution in [3.05, 3.63) is 33.9 Å². The lowest BCUT2D eigenvalue weighted by atomic mass is 10.1. The third kappa shape index (κ3) is 5.08. The molecule has 0 aliphatic carbocycles. The van der Waals surface area contributed by atoms with Gasteiger partial charge in [-0.15, -0.1) is 0 Å². The molecule has 0 atom stereocenters. The molecule has 1 saturated heterocycles. The number of primary amides is 1. The van der Waals surface area contributed by atoms with Crippen LogP contribution < -0.4 is 10.5 Å². The third-order valence-electron chi connectivity index (χ3n) is 3.83. The summed E-state index contributed by atoms with van der Waals surface area (Å²) in [6.07, 6.45) is 0.294. The number of carbonyl (C=O) groups excluding carboxylic acids is 2. The lowest BCUT2D eigenvalue weighted by molar-refractivity contribution is -0.386. The van der Waals surface area contributed by atoms with Gasteiger partial charge in [0.15, 0.2) is 5.75 Å². The lowest BCUT2D eigenvalue weighted by Crippen LogP contribution is -2.44. The third-order valence-corrected chi connectivity index (χ3v) is 3.83. The maximum atomic E-state index is 12.1. The highest BCUT2D eigenvalue weighted by Crippen LogP contribution is 2.30. The van der Waals surface area contributed by atoms with Gasteiger partial charge in [0, 0.05) is 43.6 Å². The maximum absolute atomic E-state index is 12.1. The first-order valence-corrected chi connectivity index (χ1v) is 8.29. The van der Waals surface area contributed by atoms with Crippen LogP contribution in [-0.2, 0) is 4.74 Å². The molecule has 1 aromatic carbocycles. The fourth-order valence-electron chi connectivity index (χ4n) is 2.57. The van der Waals surface area contributed by atoms with Crippen LogP contribution >= 0.6 is 0 Å². The molecular formula is C17H23N3O6. The van der Waals surface area contributed by atoms with E-state index in [1.165, 1.54) is 18.2 Å². The zero-order valence-electron chi connectivity index (χ0n) is 15.1. The molecular weight excluding hydrogens is 342 g/mol. The molecule has 0 unspecified atom stereocenters. The Morgan fingerprint density at radius 3 is 2.38 bits per heavy atom. The van der Waals surface area contributed by atoms with E-state index in [2.05, 4.69) is 0 Å². The van der Waals surface area contributed by atoms with Crippen LogP contribution in [0.2, 0.25) is 0 Å². The minimum Gasteiger partial charge on any atom is -0.483 e. The average molecular weight is 365 g/mol. The van der Waals surface area contributed by atoms with Gasteiger partial charge < -0.3 is 20.1 Å². The smallest absolute Gasteiger partial charge is 0.410 e. The molecule has 9 nitrogen and oxygen atoms in total. The second kappa shape index (κ2) is 7.59. The molecule has 0 saturated carbocycles. The van der Waals surface area contributed by atoms with Gasteiger partial charge in [0.05, 0.1) is 4.92 Å². The Labute approximate surface area is 151 Å². The molecule has 1 fully saturated rings.